The Kier molecular flexibility index (Phi) is 7.39. The van der Waals surface area contributed by atoms with E-state index in [1.54, 1.807) is 0 Å². The van der Waals surface area contributed by atoms with Gasteiger partial charge < -0.3 is 15.0 Å². The van der Waals surface area contributed by atoms with Crippen LogP contribution in [0.2, 0.25) is 0 Å². The number of fused-ring (bicyclic) bond motifs is 1. The number of para-hydroxylation sites is 1. The fraction of sp³-hybridized carbons (Fsp3) is 0.667. The maximum atomic E-state index is 5.61. The smallest absolute Gasteiger partial charge is 0.198 e. The van der Waals surface area contributed by atoms with Crippen LogP contribution in [0, 0.1) is 0 Å². The summed E-state index contributed by atoms with van der Waals surface area (Å²) in [6.45, 7) is 5.87. The van der Waals surface area contributed by atoms with Gasteiger partial charge in [0.1, 0.15) is 0 Å². The number of aliphatic imine (C=N–C) groups is 1. The molecule has 0 amide bonds. The highest BCUT2D eigenvalue weighted by atomic mass is 127. The van der Waals surface area contributed by atoms with Crippen molar-refractivity contribution in [2.75, 3.05) is 51.3 Å². The molecule has 2 fully saturated rings. The van der Waals surface area contributed by atoms with Crippen molar-refractivity contribution in [3.8, 4) is 0 Å². The number of nitrogens with one attached hydrogen (secondary N) is 1. The quantitative estimate of drug-likeness (QED) is 0.406. The minimum atomic E-state index is 0. The summed E-state index contributed by atoms with van der Waals surface area (Å²) < 4.78 is 5.61. The number of nitrogens with zero attached hydrogens (tertiary/aromatic N) is 3. The molecule has 1 aliphatic carbocycles. The van der Waals surface area contributed by atoms with Gasteiger partial charge in [-0.2, -0.15) is 0 Å². The molecule has 0 spiro atoms. The first-order valence-electron chi connectivity index (χ1n) is 10.2. The Balaban J connectivity index is 0.00000210. The van der Waals surface area contributed by atoms with E-state index >= 15 is 0 Å². The molecule has 1 aromatic rings. The zero-order chi connectivity index (χ0) is 17.8. The van der Waals surface area contributed by atoms with Crippen LogP contribution in [0.25, 0.3) is 0 Å². The van der Waals surface area contributed by atoms with Gasteiger partial charge in [0.15, 0.2) is 5.96 Å². The molecule has 4 rings (SSSR count). The van der Waals surface area contributed by atoms with Crippen LogP contribution < -0.4 is 10.2 Å². The number of halogens is 1. The Hall–Kier alpha value is -0.860. The monoisotopic (exact) mass is 484 g/mol. The molecule has 6 heteroatoms. The molecule has 150 valence electrons. The molecular formula is C21H33IN4O. The molecule has 1 saturated heterocycles. The molecule has 5 nitrogen and oxygen atoms in total. The summed E-state index contributed by atoms with van der Waals surface area (Å²) in [5, 5.41) is 3.75. The predicted octanol–water partition coefficient (Wildman–Crippen LogP) is 3.28. The lowest BCUT2D eigenvalue weighted by atomic mass is 9.79. The maximum absolute atomic E-state index is 5.61. The van der Waals surface area contributed by atoms with Crippen LogP contribution in [0.15, 0.2) is 29.3 Å². The molecule has 3 aliphatic rings. The van der Waals surface area contributed by atoms with Gasteiger partial charge in [0, 0.05) is 44.5 Å². The number of ether oxygens (including phenoxy) is 1. The Morgan fingerprint density at radius 3 is 2.59 bits per heavy atom. The highest BCUT2D eigenvalue weighted by molar-refractivity contribution is 14.0. The highest BCUT2D eigenvalue weighted by Crippen LogP contribution is 2.34. The van der Waals surface area contributed by atoms with Crippen molar-refractivity contribution < 1.29 is 4.74 Å². The first kappa shape index (κ1) is 20.9. The molecule has 2 heterocycles. The van der Waals surface area contributed by atoms with E-state index in [4.69, 9.17) is 4.74 Å². The number of rotatable bonds is 3. The van der Waals surface area contributed by atoms with E-state index in [0.717, 1.165) is 51.8 Å². The van der Waals surface area contributed by atoms with Gasteiger partial charge in [-0.25, -0.2) is 0 Å². The van der Waals surface area contributed by atoms with Crippen LogP contribution in [0.1, 0.15) is 37.7 Å². The van der Waals surface area contributed by atoms with Gasteiger partial charge in [0.25, 0.3) is 0 Å². The van der Waals surface area contributed by atoms with E-state index < -0.39 is 0 Å². The molecule has 27 heavy (non-hydrogen) atoms. The van der Waals surface area contributed by atoms with Crippen molar-refractivity contribution in [3.63, 3.8) is 0 Å². The minimum absolute atomic E-state index is 0. The van der Waals surface area contributed by atoms with Crippen molar-refractivity contribution >= 4 is 35.6 Å². The van der Waals surface area contributed by atoms with Crippen molar-refractivity contribution in [2.45, 2.75) is 44.1 Å². The maximum Gasteiger partial charge on any atom is 0.198 e. The SMILES string of the molecule is CN=C(NCC1(N2CCOCC2)CCCCC1)N1CCc2ccccc21.I. The van der Waals surface area contributed by atoms with E-state index in [0.29, 0.717) is 0 Å². The number of guanidine groups is 1. The average molecular weight is 484 g/mol. The highest BCUT2D eigenvalue weighted by Gasteiger charge is 2.39. The van der Waals surface area contributed by atoms with E-state index in [2.05, 4.69) is 44.4 Å². The predicted molar refractivity (Wildman–Crippen MR) is 122 cm³/mol. The number of hydrogen-bond donors (Lipinski definition) is 1. The molecule has 0 radical (unpaired) electrons. The average Bonchev–Trinajstić information content (AvgIpc) is 3.14. The van der Waals surface area contributed by atoms with E-state index in [-0.39, 0.29) is 29.5 Å². The van der Waals surface area contributed by atoms with Crippen LogP contribution in [0.3, 0.4) is 0 Å². The van der Waals surface area contributed by atoms with Gasteiger partial charge in [0.2, 0.25) is 0 Å². The van der Waals surface area contributed by atoms with Gasteiger partial charge >= 0.3 is 0 Å². The van der Waals surface area contributed by atoms with Crippen LogP contribution in [-0.4, -0.2) is 62.8 Å². The first-order valence-corrected chi connectivity index (χ1v) is 10.2. The van der Waals surface area contributed by atoms with Gasteiger partial charge in [-0.3, -0.25) is 9.89 Å². The fourth-order valence-electron chi connectivity index (χ4n) is 4.95. The Labute approximate surface area is 180 Å². The fourth-order valence-corrected chi connectivity index (χ4v) is 4.95. The first-order chi connectivity index (χ1) is 12.8. The minimum Gasteiger partial charge on any atom is -0.379 e. The standard InChI is InChI=1S/C21H32N4O.HI/c1-22-20(25-12-9-18-7-3-4-8-19(18)25)23-17-21(10-5-2-6-11-21)24-13-15-26-16-14-24;/h3-4,7-8H,2,5-6,9-17H2,1H3,(H,22,23);1H. The largest absolute Gasteiger partial charge is 0.379 e. The molecule has 1 saturated carbocycles. The Morgan fingerprint density at radius 1 is 1.11 bits per heavy atom. The van der Waals surface area contributed by atoms with Crippen molar-refractivity contribution in [1.82, 2.24) is 10.2 Å². The zero-order valence-corrected chi connectivity index (χ0v) is 18.8. The van der Waals surface area contributed by atoms with E-state index in [1.807, 2.05) is 7.05 Å². The summed E-state index contributed by atoms with van der Waals surface area (Å²) in [6.07, 6.45) is 7.72. The second-order valence-electron chi connectivity index (χ2n) is 7.82. The van der Waals surface area contributed by atoms with Crippen LogP contribution >= 0.6 is 24.0 Å². The molecule has 1 aromatic carbocycles. The van der Waals surface area contributed by atoms with Crippen LogP contribution in [0.4, 0.5) is 5.69 Å². The van der Waals surface area contributed by atoms with Gasteiger partial charge in [-0.15, -0.1) is 24.0 Å². The lowest BCUT2D eigenvalue weighted by Crippen LogP contribution is -2.60. The second-order valence-corrected chi connectivity index (χ2v) is 7.82. The summed E-state index contributed by atoms with van der Waals surface area (Å²) in [4.78, 5) is 9.66. The third-order valence-electron chi connectivity index (χ3n) is 6.40. The summed E-state index contributed by atoms with van der Waals surface area (Å²) >= 11 is 0. The van der Waals surface area contributed by atoms with Gasteiger partial charge in [-0.1, -0.05) is 37.5 Å². The number of benzene rings is 1. The molecule has 2 aliphatic heterocycles. The third kappa shape index (κ3) is 4.43. The number of morpholine rings is 1. The van der Waals surface area contributed by atoms with Gasteiger partial charge in [-0.05, 0) is 30.9 Å². The summed E-state index contributed by atoms with van der Waals surface area (Å²) in [5.74, 6) is 1.02. The zero-order valence-electron chi connectivity index (χ0n) is 16.5. The second kappa shape index (κ2) is 9.56. The lowest BCUT2D eigenvalue weighted by Gasteiger charge is -2.48. The molecule has 0 aromatic heterocycles. The molecular weight excluding hydrogens is 451 g/mol. The normalized spacial score (nSPS) is 22.9. The third-order valence-corrected chi connectivity index (χ3v) is 6.40. The summed E-state index contributed by atoms with van der Waals surface area (Å²) in [5.41, 5.74) is 3.00. The molecule has 0 bridgehead atoms. The Morgan fingerprint density at radius 2 is 1.85 bits per heavy atom. The molecule has 0 atom stereocenters. The topological polar surface area (TPSA) is 40.1 Å². The van der Waals surface area contributed by atoms with Crippen molar-refractivity contribution in [3.05, 3.63) is 29.8 Å². The summed E-state index contributed by atoms with van der Waals surface area (Å²) in [7, 11) is 1.91. The van der Waals surface area contributed by atoms with Crippen molar-refractivity contribution in [1.29, 1.82) is 0 Å². The Bertz CT molecular complexity index is 639. The molecule has 1 N–H and O–H groups in total. The van der Waals surface area contributed by atoms with E-state index in [1.165, 1.54) is 43.4 Å². The van der Waals surface area contributed by atoms with Crippen LogP contribution in [0.5, 0.6) is 0 Å². The molecule has 0 unspecified atom stereocenters. The summed E-state index contributed by atoms with van der Waals surface area (Å²) in [6, 6.07) is 8.71. The van der Waals surface area contributed by atoms with Crippen molar-refractivity contribution in [2.24, 2.45) is 4.99 Å². The van der Waals surface area contributed by atoms with Gasteiger partial charge in [0.05, 0.1) is 13.2 Å². The van der Waals surface area contributed by atoms with Crippen LogP contribution in [-0.2, 0) is 11.2 Å². The number of hydrogen-bond acceptors (Lipinski definition) is 3. The number of anilines is 1. The van der Waals surface area contributed by atoms with E-state index in [9.17, 15) is 0 Å². The lowest BCUT2D eigenvalue weighted by molar-refractivity contribution is -0.0352.